The van der Waals surface area contributed by atoms with Crippen LogP contribution in [0.5, 0.6) is 0 Å². The van der Waals surface area contributed by atoms with E-state index in [4.69, 9.17) is 5.73 Å². The van der Waals surface area contributed by atoms with Gasteiger partial charge in [-0.25, -0.2) is 0 Å². The van der Waals surface area contributed by atoms with E-state index in [0.29, 0.717) is 31.6 Å². The number of carbonyl (C=O) groups is 1. The predicted molar refractivity (Wildman–Crippen MR) is 63.6 cm³/mol. The highest BCUT2D eigenvalue weighted by Gasteiger charge is 2.14. The zero-order valence-corrected chi connectivity index (χ0v) is 10.4. The number of rotatable bonds is 7. The Hall–Kier alpha value is -0.610. The molecule has 0 aliphatic rings. The minimum absolute atomic E-state index is 0.0646. The summed E-state index contributed by atoms with van der Waals surface area (Å²) in [6, 6.07) is 0.399. The van der Waals surface area contributed by atoms with Crippen LogP contribution < -0.4 is 11.1 Å². The predicted octanol–water partition coefficient (Wildman–Crippen LogP) is 0.428. The van der Waals surface area contributed by atoms with E-state index in [1.165, 1.54) is 0 Å². The van der Waals surface area contributed by atoms with E-state index >= 15 is 0 Å². The fraction of sp³-hybridized carbons (Fsp3) is 0.909. The van der Waals surface area contributed by atoms with Gasteiger partial charge in [0.1, 0.15) is 0 Å². The van der Waals surface area contributed by atoms with E-state index in [0.717, 1.165) is 6.54 Å². The van der Waals surface area contributed by atoms with Gasteiger partial charge in [0.05, 0.1) is 6.54 Å². The number of amides is 1. The largest absolute Gasteiger partial charge is 0.354 e. The van der Waals surface area contributed by atoms with Crippen LogP contribution in [0.1, 0.15) is 27.7 Å². The van der Waals surface area contributed by atoms with E-state index in [-0.39, 0.29) is 5.91 Å². The molecule has 4 heteroatoms. The zero-order chi connectivity index (χ0) is 11.8. The van der Waals surface area contributed by atoms with E-state index in [1.54, 1.807) is 0 Å². The van der Waals surface area contributed by atoms with Crippen LogP contribution in [-0.2, 0) is 4.79 Å². The molecule has 90 valence electrons. The third-order valence-electron chi connectivity index (χ3n) is 2.14. The first-order valence-electron chi connectivity index (χ1n) is 5.68. The molecule has 0 aromatic rings. The van der Waals surface area contributed by atoms with Crippen molar-refractivity contribution in [1.82, 2.24) is 10.2 Å². The quantitative estimate of drug-likeness (QED) is 0.647. The van der Waals surface area contributed by atoms with Crippen LogP contribution >= 0.6 is 0 Å². The highest BCUT2D eigenvalue weighted by Crippen LogP contribution is 2.03. The van der Waals surface area contributed by atoms with Crippen LogP contribution in [0.25, 0.3) is 0 Å². The van der Waals surface area contributed by atoms with Gasteiger partial charge in [-0.3, -0.25) is 9.69 Å². The lowest BCUT2D eigenvalue weighted by Gasteiger charge is -2.27. The van der Waals surface area contributed by atoms with Crippen molar-refractivity contribution in [2.75, 3.05) is 26.2 Å². The minimum atomic E-state index is 0.0646. The molecule has 0 aliphatic carbocycles. The van der Waals surface area contributed by atoms with Gasteiger partial charge in [0.15, 0.2) is 0 Å². The summed E-state index contributed by atoms with van der Waals surface area (Å²) in [6.07, 6.45) is 0. The summed E-state index contributed by atoms with van der Waals surface area (Å²) < 4.78 is 0. The lowest BCUT2D eigenvalue weighted by molar-refractivity contribution is -0.122. The average Bonchev–Trinajstić information content (AvgIpc) is 2.12. The molecule has 1 amide bonds. The second-order valence-corrected chi connectivity index (χ2v) is 4.56. The number of nitrogens with two attached hydrogens (primary N) is 1. The molecule has 0 aromatic carbocycles. The fourth-order valence-electron chi connectivity index (χ4n) is 1.38. The van der Waals surface area contributed by atoms with E-state index in [9.17, 15) is 4.79 Å². The Kier molecular flexibility index (Phi) is 7.34. The van der Waals surface area contributed by atoms with Gasteiger partial charge in [-0.05, 0) is 19.8 Å². The minimum Gasteiger partial charge on any atom is -0.354 e. The Morgan fingerprint density at radius 1 is 1.33 bits per heavy atom. The third kappa shape index (κ3) is 7.33. The van der Waals surface area contributed by atoms with E-state index in [1.807, 2.05) is 0 Å². The molecule has 0 heterocycles. The second-order valence-electron chi connectivity index (χ2n) is 4.56. The SMILES string of the molecule is CC(C)CN(CC(=O)NCCN)C(C)C. The molecule has 0 fully saturated rings. The first kappa shape index (κ1) is 14.4. The van der Waals surface area contributed by atoms with Gasteiger partial charge in [0, 0.05) is 25.7 Å². The standard InChI is InChI=1S/C11H25N3O/c1-9(2)7-14(10(3)4)8-11(15)13-6-5-12/h9-10H,5-8,12H2,1-4H3,(H,13,15). The number of nitrogens with zero attached hydrogens (tertiary/aromatic N) is 1. The fourth-order valence-corrected chi connectivity index (χ4v) is 1.38. The van der Waals surface area contributed by atoms with Crippen molar-refractivity contribution in [2.45, 2.75) is 33.7 Å². The summed E-state index contributed by atoms with van der Waals surface area (Å²) >= 11 is 0. The van der Waals surface area contributed by atoms with Crippen LogP contribution in [0.4, 0.5) is 0 Å². The first-order chi connectivity index (χ1) is 6.97. The monoisotopic (exact) mass is 215 g/mol. The van der Waals surface area contributed by atoms with Crippen LogP contribution in [-0.4, -0.2) is 43.0 Å². The van der Waals surface area contributed by atoms with Crippen LogP contribution in [0.3, 0.4) is 0 Å². The molecule has 0 saturated heterocycles. The number of nitrogens with one attached hydrogen (secondary N) is 1. The third-order valence-corrected chi connectivity index (χ3v) is 2.14. The Bertz CT molecular complexity index is 181. The summed E-state index contributed by atoms with van der Waals surface area (Å²) in [6.45, 7) is 11.0. The maximum atomic E-state index is 11.5. The molecule has 4 nitrogen and oxygen atoms in total. The lowest BCUT2D eigenvalue weighted by atomic mass is 10.2. The Morgan fingerprint density at radius 3 is 2.33 bits per heavy atom. The van der Waals surface area contributed by atoms with Crippen LogP contribution in [0.15, 0.2) is 0 Å². The summed E-state index contributed by atoms with van der Waals surface area (Å²) in [5.41, 5.74) is 5.32. The van der Waals surface area contributed by atoms with Crippen molar-refractivity contribution in [3.63, 3.8) is 0 Å². The van der Waals surface area contributed by atoms with Crippen molar-refractivity contribution in [3.8, 4) is 0 Å². The maximum Gasteiger partial charge on any atom is 0.234 e. The maximum absolute atomic E-state index is 11.5. The highest BCUT2D eigenvalue weighted by molar-refractivity contribution is 5.78. The summed E-state index contributed by atoms with van der Waals surface area (Å²) in [5.74, 6) is 0.643. The van der Waals surface area contributed by atoms with E-state index < -0.39 is 0 Å². The summed E-state index contributed by atoms with van der Waals surface area (Å²) in [7, 11) is 0. The molecule has 0 unspecified atom stereocenters. The number of hydrogen-bond donors (Lipinski definition) is 2. The Balaban J connectivity index is 3.99. The highest BCUT2D eigenvalue weighted by atomic mass is 16.2. The van der Waals surface area contributed by atoms with Gasteiger partial charge < -0.3 is 11.1 Å². The molecular formula is C11H25N3O. The van der Waals surface area contributed by atoms with Crippen molar-refractivity contribution < 1.29 is 4.79 Å². The molecule has 0 atom stereocenters. The molecule has 0 aromatic heterocycles. The molecule has 0 radical (unpaired) electrons. The smallest absolute Gasteiger partial charge is 0.234 e. The molecule has 0 aliphatic heterocycles. The van der Waals surface area contributed by atoms with Gasteiger partial charge in [0.2, 0.25) is 5.91 Å². The number of carbonyl (C=O) groups excluding carboxylic acids is 1. The summed E-state index contributed by atoms with van der Waals surface area (Å²) in [5, 5.41) is 2.79. The van der Waals surface area contributed by atoms with Crippen molar-refractivity contribution in [3.05, 3.63) is 0 Å². The topological polar surface area (TPSA) is 58.4 Å². The molecule has 0 bridgehead atoms. The normalized spacial score (nSPS) is 11.5. The molecule has 0 saturated carbocycles. The Labute approximate surface area is 93.2 Å². The van der Waals surface area contributed by atoms with Crippen molar-refractivity contribution in [1.29, 1.82) is 0 Å². The first-order valence-corrected chi connectivity index (χ1v) is 5.68. The van der Waals surface area contributed by atoms with Gasteiger partial charge >= 0.3 is 0 Å². The van der Waals surface area contributed by atoms with Gasteiger partial charge in [-0.1, -0.05) is 13.8 Å². The second kappa shape index (κ2) is 7.65. The Morgan fingerprint density at radius 2 is 1.93 bits per heavy atom. The molecule has 3 N–H and O–H groups in total. The molecular weight excluding hydrogens is 190 g/mol. The van der Waals surface area contributed by atoms with Gasteiger partial charge in [-0.15, -0.1) is 0 Å². The van der Waals surface area contributed by atoms with E-state index in [2.05, 4.69) is 37.9 Å². The van der Waals surface area contributed by atoms with Gasteiger partial charge in [-0.2, -0.15) is 0 Å². The average molecular weight is 215 g/mol. The van der Waals surface area contributed by atoms with Gasteiger partial charge in [0.25, 0.3) is 0 Å². The summed E-state index contributed by atoms with van der Waals surface area (Å²) in [4.78, 5) is 13.7. The lowest BCUT2D eigenvalue weighted by Crippen LogP contribution is -2.43. The molecule has 0 spiro atoms. The van der Waals surface area contributed by atoms with Crippen molar-refractivity contribution >= 4 is 5.91 Å². The zero-order valence-electron chi connectivity index (χ0n) is 10.4. The number of hydrogen-bond acceptors (Lipinski definition) is 3. The molecule has 15 heavy (non-hydrogen) atoms. The van der Waals surface area contributed by atoms with Crippen LogP contribution in [0, 0.1) is 5.92 Å². The van der Waals surface area contributed by atoms with Crippen LogP contribution in [0.2, 0.25) is 0 Å². The molecule has 0 rings (SSSR count). The van der Waals surface area contributed by atoms with Crippen molar-refractivity contribution in [2.24, 2.45) is 11.7 Å².